The highest BCUT2D eigenvalue weighted by Crippen LogP contribution is 2.35. The summed E-state index contributed by atoms with van der Waals surface area (Å²) in [7, 11) is -3.75. The van der Waals surface area contributed by atoms with E-state index in [4.69, 9.17) is 9.47 Å². The Hall–Kier alpha value is -2.60. The molecule has 1 fully saturated rings. The second-order valence-corrected chi connectivity index (χ2v) is 12.1. The topological polar surface area (TPSA) is 119 Å². The molecule has 1 saturated heterocycles. The zero-order chi connectivity index (χ0) is 24.7. The number of aromatic amines is 1. The van der Waals surface area contributed by atoms with Crippen molar-refractivity contribution >= 4 is 37.5 Å². The third-order valence-corrected chi connectivity index (χ3v) is 9.63. The van der Waals surface area contributed by atoms with Crippen molar-refractivity contribution < 1.29 is 22.7 Å². The second-order valence-electron chi connectivity index (χ2n) is 9.11. The average Bonchev–Trinajstić information content (AvgIpc) is 3.21. The van der Waals surface area contributed by atoms with Crippen molar-refractivity contribution in [2.75, 3.05) is 26.3 Å². The van der Waals surface area contributed by atoms with E-state index >= 15 is 0 Å². The number of sulfonamides is 1. The van der Waals surface area contributed by atoms with E-state index in [1.54, 1.807) is 13.0 Å². The zero-order valence-electron chi connectivity index (χ0n) is 19.6. The highest BCUT2D eigenvalue weighted by molar-refractivity contribution is 7.89. The molecule has 3 heterocycles. The van der Waals surface area contributed by atoms with Gasteiger partial charge in [0.2, 0.25) is 10.0 Å². The predicted molar refractivity (Wildman–Crippen MR) is 131 cm³/mol. The van der Waals surface area contributed by atoms with Crippen molar-refractivity contribution in [1.82, 2.24) is 14.3 Å². The summed E-state index contributed by atoms with van der Waals surface area (Å²) in [5, 5.41) is 0.642. The SMILES string of the molecule is Cc1ccc(S(=O)(=O)N2CCOCC2)cc1C(=O)OCc1nc2sc3c(c2c(=O)[nH]1)CC[C@@H](C)C3. The lowest BCUT2D eigenvalue weighted by Crippen LogP contribution is -2.40. The molecule has 0 bridgehead atoms. The van der Waals surface area contributed by atoms with Gasteiger partial charge in [0.25, 0.3) is 5.56 Å². The molecule has 2 aliphatic rings. The van der Waals surface area contributed by atoms with Crippen LogP contribution in [-0.4, -0.2) is 55.0 Å². The molecule has 2 aromatic heterocycles. The third-order valence-electron chi connectivity index (χ3n) is 6.59. The van der Waals surface area contributed by atoms with Crippen molar-refractivity contribution in [2.24, 2.45) is 5.92 Å². The molecule has 1 atom stereocenters. The summed E-state index contributed by atoms with van der Waals surface area (Å²) in [6, 6.07) is 4.42. The summed E-state index contributed by atoms with van der Waals surface area (Å²) in [6.07, 6.45) is 2.87. The fourth-order valence-electron chi connectivity index (χ4n) is 4.59. The lowest BCUT2D eigenvalue weighted by atomic mass is 9.89. The summed E-state index contributed by atoms with van der Waals surface area (Å²) < 4.78 is 38.0. The van der Waals surface area contributed by atoms with Crippen LogP contribution in [0, 0.1) is 12.8 Å². The van der Waals surface area contributed by atoms with Crippen LogP contribution < -0.4 is 5.56 Å². The molecule has 0 amide bonds. The summed E-state index contributed by atoms with van der Waals surface area (Å²) in [5.74, 6) is 0.168. The number of aryl methyl sites for hydroxylation is 2. The first-order valence-electron chi connectivity index (χ1n) is 11.6. The molecule has 5 rings (SSSR count). The van der Waals surface area contributed by atoms with Gasteiger partial charge in [-0.05, 0) is 55.4 Å². The van der Waals surface area contributed by atoms with E-state index in [0.717, 1.165) is 24.8 Å². The van der Waals surface area contributed by atoms with Crippen LogP contribution in [0.2, 0.25) is 0 Å². The monoisotopic (exact) mass is 517 g/mol. The number of carbonyl (C=O) groups excluding carboxylic acids is 1. The minimum absolute atomic E-state index is 0.0308. The minimum atomic E-state index is -3.75. The van der Waals surface area contributed by atoms with E-state index in [0.29, 0.717) is 34.9 Å². The summed E-state index contributed by atoms with van der Waals surface area (Å²) in [4.78, 5) is 34.8. The third kappa shape index (κ3) is 4.65. The number of H-pyrrole nitrogens is 1. The van der Waals surface area contributed by atoms with Crippen LogP contribution >= 0.6 is 11.3 Å². The van der Waals surface area contributed by atoms with Gasteiger partial charge in [0, 0.05) is 18.0 Å². The van der Waals surface area contributed by atoms with Crippen molar-refractivity contribution in [3.63, 3.8) is 0 Å². The normalized spacial score (nSPS) is 19.0. The van der Waals surface area contributed by atoms with Crippen LogP contribution in [0.3, 0.4) is 0 Å². The van der Waals surface area contributed by atoms with Gasteiger partial charge in [-0.25, -0.2) is 18.2 Å². The van der Waals surface area contributed by atoms with E-state index in [9.17, 15) is 18.0 Å². The highest BCUT2D eigenvalue weighted by Gasteiger charge is 2.28. The largest absolute Gasteiger partial charge is 0.454 e. The van der Waals surface area contributed by atoms with Crippen LogP contribution in [0.5, 0.6) is 0 Å². The van der Waals surface area contributed by atoms with E-state index in [1.807, 2.05) is 0 Å². The van der Waals surface area contributed by atoms with Gasteiger partial charge in [-0.2, -0.15) is 4.31 Å². The molecule has 9 nitrogen and oxygen atoms in total. The van der Waals surface area contributed by atoms with Gasteiger partial charge in [0.1, 0.15) is 17.3 Å². The Balaban J connectivity index is 1.36. The number of fused-ring (bicyclic) bond motifs is 3. The molecule has 0 spiro atoms. The minimum Gasteiger partial charge on any atom is -0.454 e. The summed E-state index contributed by atoms with van der Waals surface area (Å²) in [5.41, 5.74) is 1.62. The molecule has 186 valence electrons. The van der Waals surface area contributed by atoms with Gasteiger partial charge >= 0.3 is 5.97 Å². The standard InChI is InChI=1S/C24H27N3O6S2/c1-14-3-6-17-19(11-14)34-23-21(17)22(28)25-20(26-23)13-33-24(29)18-12-16(5-4-15(18)2)35(30,31)27-7-9-32-10-8-27/h4-5,12,14H,3,6-11,13H2,1-2H3,(H,25,26,28)/t14-/m1/s1. The first kappa shape index (κ1) is 24.1. The quantitative estimate of drug-likeness (QED) is 0.517. The highest BCUT2D eigenvalue weighted by atomic mass is 32.2. The van der Waals surface area contributed by atoms with Gasteiger partial charge in [-0.1, -0.05) is 13.0 Å². The Kier molecular flexibility index (Phi) is 6.51. The number of benzene rings is 1. The molecule has 0 unspecified atom stereocenters. The molecule has 0 saturated carbocycles. The number of aromatic nitrogens is 2. The number of morpholine rings is 1. The smallest absolute Gasteiger partial charge is 0.338 e. The molecule has 1 N–H and O–H groups in total. The maximum Gasteiger partial charge on any atom is 0.338 e. The molecule has 35 heavy (non-hydrogen) atoms. The molecule has 3 aromatic rings. The predicted octanol–water partition coefficient (Wildman–Crippen LogP) is 2.80. The molecule has 11 heteroatoms. The van der Waals surface area contributed by atoms with Crippen LogP contribution in [-0.2, 0) is 38.9 Å². The van der Waals surface area contributed by atoms with Crippen molar-refractivity contribution in [2.45, 2.75) is 44.6 Å². The summed E-state index contributed by atoms with van der Waals surface area (Å²) >= 11 is 1.53. The fourth-order valence-corrected chi connectivity index (χ4v) is 7.43. The summed E-state index contributed by atoms with van der Waals surface area (Å²) in [6.45, 7) is 4.90. The number of nitrogens with zero attached hydrogens (tertiary/aromatic N) is 2. The van der Waals surface area contributed by atoms with Gasteiger partial charge in [0.05, 0.1) is 29.1 Å². The van der Waals surface area contributed by atoms with Gasteiger partial charge < -0.3 is 14.5 Å². The lowest BCUT2D eigenvalue weighted by Gasteiger charge is -2.26. The Bertz CT molecular complexity index is 1450. The molecule has 0 radical (unpaired) electrons. The molecular weight excluding hydrogens is 490 g/mol. The van der Waals surface area contributed by atoms with Crippen molar-refractivity contribution in [3.8, 4) is 0 Å². The maximum absolute atomic E-state index is 13.0. The number of carbonyl (C=O) groups is 1. The number of hydrogen-bond donors (Lipinski definition) is 1. The number of thiophene rings is 1. The number of nitrogens with one attached hydrogen (secondary N) is 1. The molecule has 1 aromatic carbocycles. The van der Waals surface area contributed by atoms with E-state index < -0.39 is 16.0 Å². The first-order chi connectivity index (χ1) is 16.7. The van der Waals surface area contributed by atoms with Crippen molar-refractivity contribution in [1.29, 1.82) is 0 Å². The Morgan fingerprint density at radius 3 is 2.86 bits per heavy atom. The fraction of sp³-hybridized carbons (Fsp3) is 0.458. The number of rotatable bonds is 5. The van der Waals surface area contributed by atoms with E-state index in [-0.39, 0.29) is 41.5 Å². The average molecular weight is 518 g/mol. The Morgan fingerprint density at radius 1 is 1.31 bits per heavy atom. The second kappa shape index (κ2) is 9.45. The molecule has 1 aliphatic heterocycles. The molecular formula is C24H27N3O6S2. The van der Waals surface area contributed by atoms with E-state index in [2.05, 4.69) is 16.9 Å². The van der Waals surface area contributed by atoms with Crippen LogP contribution in [0.4, 0.5) is 0 Å². The van der Waals surface area contributed by atoms with Crippen LogP contribution in [0.15, 0.2) is 27.9 Å². The first-order valence-corrected chi connectivity index (χ1v) is 13.9. The van der Waals surface area contributed by atoms with E-state index in [1.165, 1.54) is 32.7 Å². The van der Waals surface area contributed by atoms with Gasteiger partial charge in [0.15, 0.2) is 0 Å². The Morgan fingerprint density at radius 2 is 2.09 bits per heavy atom. The lowest BCUT2D eigenvalue weighted by molar-refractivity contribution is 0.0461. The van der Waals surface area contributed by atoms with Crippen molar-refractivity contribution in [3.05, 3.63) is 55.9 Å². The zero-order valence-corrected chi connectivity index (χ0v) is 21.3. The number of ether oxygens (including phenoxy) is 2. The Labute approximate surface area is 207 Å². The van der Waals surface area contributed by atoms with Crippen LogP contribution in [0.1, 0.15) is 45.5 Å². The number of hydrogen-bond acceptors (Lipinski definition) is 8. The van der Waals surface area contributed by atoms with Crippen LogP contribution in [0.25, 0.3) is 10.2 Å². The number of esters is 1. The van der Waals surface area contributed by atoms with Gasteiger partial charge in [-0.3, -0.25) is 4.79 Å². The maximum atomic E-state index is 13.0. The van der Waals surface area contributed by atoms with Gasteiger partial charge in [-0.15, -0.1) is 11.3 Å². The molecule has 1 aliphatic carbocycles.